The average Bonchev–Trinajstić information content (AvgIpc) is 2.55. The molecule has 0 saturated carbocycles. The zero-order valence-corrected chi connectivity index (χ0v) is 14.2. The average molecular weight is 337 g/mol. The van der Waals surface area contributed by atoms with Crippen molar-refractivity contribution in [3.8, 4) is 0 Å². The maximum Gasteiger partial charge on any atom is 0.255 e. The van der Waals surface area contributed by atoms with Gasteiger partial charge >= 0.3 is 0 Å². The van der Waals surface area contributed by atoms with Crippen molar-refractivity contribution in [2.24, 2.45) is 0 Å². The first kappa shape index (κ1) is 16.3. The summed E-state index contributed by atoms with van der Waals surface area (Å²) in [5, 5.41) is 0.503. The van der Waals surface area contributed by atoms with E-state index in [1.165, 1.54) is 0 Å². The highest BCUT2D eigenvalue weighted by Gasteiger charge is 2.39. The Kier molecular flexibility index (Phi) is 4.60. The number of carbonyl (C=O) groups is 2. The fraction of sp³-hybridized carbons (Fsp3) is 0.529. The standard InChI is InChI=1S/C17H21ClN2O3/c1-11-4-3-5-13(16(11)18)17(22)19-7-6-15-14(10-19)20(12(2)21)8-9-23-15/h3-5,14-15H,6-10H2,1-2H3. The number of fused-ring (bicyclic) bond motifs is 1. The van der Waals surface area contributed by atoms with Crippen LogP contribution in [0, 0.1) is 6.92 Å². The predicted molar refractivity (Wildman–Crippen MR) is 87.6 cm³/mol. The molecular weight excluding hydrogens is 316 g/mol. The molecule has 0 spiro atoms. The van der Waals surface area contributed by atoms with Crippen LogP contribution in [-0.4, -0.2) is 60.0 Å². The van der Waals surface area contributed by atoms with Gasteiger partial charge in [0.1, 0.15) is 0 Å². The summed E-state index contributed by atoms with van der Waals surface area (Å²) in [5.41, 5.74) is 1.41. The van der Waals surface area contributed by atoms with Gasteiger partial charge in [-0.05, 0) is 25.0 Å². The van der Waals surface area contributed by atoms with Crippen molar-refractivity contribution in [1.82, 2.24) is 9.80 Å². The van der Waals surface area contributed by atoms with E-state index in [2.05, 4.69) is 0 Å². The van der Waals surface area contributed by atoms with E-state index in [0.717, 1.165) is 12.0 Å². The molecule has 6 heteroatoms. The maximum atomic E-state index is 12.8. The first-order valence-electron chi connectivity index (χ1n) is 7.92. The molecule has 0 bridgehead atoms. The molecule has 2 amide bonds. The van der Waals surface area contributed by atoms with Crippen molar-refractivity contribution in [2.75, 3.05) is 26.2 Å². The summed E-state index contributed by atoms with van der Waals surface area (Å²) in [7, 11) is 0. The summed E-state index contributed by atoms with van der Waals surface area (Å²) in [6.45, 7) is 5.73. The number of likely N-dealkylation sites (tertiary alicyclic amines) is 1. The number of ether oxygens (including phenoxy) is 1. The van der Waals surface area contributed by atoms with Crippen LogP contribution in [0.3, 0.4) is 0 Å². The van der Waals surface area contributed by atoms with Crippen LogP contribution in [-0.2, 0) is 9.53 Å². The smallest absolute Gasteiger partial charge is 0.255 e. The van der Waals surface area contributed by atoms with Crippen LogP contribution < -0.4 is 0 Å². The summed E-state index contributed by atoms with van der Waals surface area (Å²) in [4.78, 5) is 28.3. The number of nitrogens with zero attached hydrogens (tertiary/aromatic N) is 2. The number of hydrogen-bond donors (Lipinski definition) is 0. The molecule has 0 radical (unpaired) electrons. The predicted octanol–water partition coefficient (Wildman–Crippen LogP) is 2.11. The number of rotatable bonds is 1. The fourth-order valence-electron chi connectivity index (χ4n) is 3.43. The van der Waals surface area contributed by atoms with Crippen LogP contribution in [0.4, 0.5) is 0 Å². The number of aryl methyl sites for hydroxylation is 1. The summed E-state index contributed by atoms with van der Waals surface area (Å²) >= 11 is 6.29. The van der Waals surface area contributed by atoms with Gasteiger partial charge in [0.05, 0.1) is 29.3 Å². The number of benzene rings is 1. The van der Waals surface area contributed by atoms with E-state index in [4.69, 9.17) is 16.3 Å². The minimum absolute atomic E-state index is 0.0182. The van der Waals surface area contributed by atoms with E-state index in [0.29, 0.717) is 36.8 Å². The van der Waals surface area contributed by atoms with Crippen LogP contribution in [0.1, 0.15) is 29.3 Å². The van der Waals surface area contributed by atoms with E-state index >= 15 is 0 Å². The number of carbonyl (C=O) groups excluding carboxylic acids is 2. The minimum Gasteiger partial charge on any atom is -0.374 e. The third-order valence-electron chi connectivity index (χ3n) is 4.70. The Labute approximate surface area is 141 Å². The Morgan fingerprint density at radius 2 is 2.09 bits per heavy atom. The van der Waals surface area contributed by atoms with Gasteiger partial charge in [-0.15, -0.1) is 0 Å². The van der Waals surface area contributed by atoms with Gasteiger partial charge in [-0.2, -0.15) is 0 Å². The monoisotopic (exact) mass is 336 g/mol. The summed E-state index contributed by atoms with van der Waals surface area (Å²) in [5.74, 6) is -0.0441. The van der Waals surface area contributed by atoms with Crippen LogP contribution in [0.2, 0.25) is 5.02 Å². The minimum atomic E-state index is -0.0776. The van der Waals surface area contributed by atoms with E-state index < -0.39 is 0 Å². The van der Waals surface area contributed by atoms with Crippen LogP contribution in [0.25, 0.3) is 0 Å². The van der Waals surface area contributed by atoms with Gasteiger partial charge < -0.3 is 14.5 Å². The highest BCUT2D eigenvalue weighted by Crippen LogP contribution is 2.27. The number of amides is 2. The van der Waals surface area contributed by atoms with Crippen LogP contribution >= 0.6 is 11.6 Å². The van der Waals surface area contributed by atoms with Crippen LogP contribution in [0.15, 0.2) is 18.2 Å². The van der Waals surface area contributed by atoms with Crippen molar-refractivity contribution in [1.29, 1.82) is 0 Å². The molecule has 5 nitrogen and oxygen atoms in total. The lowest BCUT2D eigenvalue weighted by molar-refractivity contribution is -0.149. The Bertz CT molecular complexity index is 634. The fourth-order valence-corrected chi connectivity index (χ4v) is 3.64. The van der Waals surface area contributed by atoms with Crippen molar-refractivity contribution in [3.05, 3.63) is 34.3 Å². The Hall–Kier alpha value is -1.59. The molecule has 1 aromatic carbocycles. The number of morpholine rings is 1. The van der Waals surface area contributed by atoms with E-state index in [1.807, 2.05) is 24.0 Å². The number of halogens is 1. The molecular formula is C17H21ClN2O3. The number of hydrogen-bond acceptors (Lipinski definition) is 3. The van der Waals surface area contributed by atoms with Gasteiger partial charge in [-0.25, -0.2) is 0 Å². The lowest BCUT2D eigenvalue weighted by atomic mass is 9.97. The Morgan fingerprint density at radius 1 is 1.30 bits per heavy atom. The summed E-state index contributed by atoms with van der Waals surface area (Å²) < 4.78 is 5.78. The van der Waals surface area contributed by atoms with E-state index in [1.54, 1.807) is 17.9 Å². The van der Waals surface area contributed by atoms with Gasteiger partial charge in [-0.3, -0.25) is 9.59 Å². The highest BCUT2D eigenvalue weighted by atomic mass is 35.5. The second-order valence-electron chi connectivity index (χ2n) is 6.17. The molecule has 23 heavy (non-hydrogen) atoms. The molecule has 1 aromatic rings. The molecule has 0 aromatic heterocycles. The molecule has 2 aliphatic heterocycles. The van der Waals surface area contributed by atoms with Gasteiger partial charge in [0.2, 0.25) is 5.91 Å². The van der Waals surface area contributed by atoms with Gasteiger partial charge in [-0.1, -0.05) is 23.7 Å². The van der Waals surface area contributed by atoms with Gasteiger partial charge in [0.25, 0.3) is 5.91 Å². The quantitative estimate of drug-likeness (QED) is 0.789. The largest absolute Gasteiger partial charge is 0.374 e. The zero-order chi connectivity index (χ0) is 16.6. The van der Waals surface area contributed by atoms with E-state index in [-0.39, 0.29) is 24.0 Å². The number of piperidine rings is 1. The Morgan fingerprint density at radius 3 is 2.83 bits per heavy atom. The summed E-state index contributed by atoms with van der Waals surface area (Å²) in [6.07, 6.45) is 0.758. The van der Waals surface area contributed by atoms with Crippen molar-refractivity contribution < 1.29 is 14.3 Å². The molecule has 2 unspecified atom stereocenters. The highest BCUT2D eigenvalue weighted by molar-refractivity contribution is 6.34. The first-order chi connectivity index (χ1) is 11.0. The maximum absolute atomic E-state index is 12.8. The van der Waals surface area contributed by atoms with Crippen molar-refractivity contribution in [3.63, 3.8) is 0 Å². The Balaban J connectivity index is 1.80. The molecule has 2 saturated heterocycles. The topological polar surface area (TPSA) is 49.9 Å². The first-order valence-corrected chi connectivity index (χ1v) is 8.30. The molecule has 2 heterocycles. The zero-order valence-electron chi connectivity index (χ0n) is 13.4. The van der Waals surface area contributed by atoms with Crippen molar-refractivity contribution >= 4 is 23.4 Å². The molecule has 3 rings (SSSR count). The SMILES string of the molecule is CC(=O)N1CCOC2CCN(C(=O)c3cccc(C)c3Cl)CC21. The molecule has 124 valence electrons. The molecule has 2 fully saturated rings. The lowest BCUT2D eigenvalue weighted by Crippen LogP contribution is -2.61. The van der Waals surface area contributed by atoms with E-state index in [9.17, 15) is 9.59 Å². The molecule has 0 N–H and O–H groups in total. The van der Waals surface area contributed by atoms with Crippen molar-refractivity contribution in [2.45, 2.75) is 32.4 Å². The molecule has 2 aliphatic rings. The second kappa shape index (κ2) is 6.49. The lowest BCUT2D eigenvalue weighted by Gasteiger charge is -2.46. The third-order valence-corrected chi connectivity index (χ3v) is 5.20. The molecule has 0 aliphatic carbocycles. The normalized spacial score (nSPS) is 24.3. The van der Waals surface area contributed by atoms with Gasteiger partial charge in [0, 0.05) is 26.6 Å². The summed E-state index contributed by atoms with van der Waals surface area (Å²) in [6, 6.07) is 5.41. The second-order valence-corrected chi connectivity index (χ2v) is 6.54. The van der Waals surface area contributed by atoms with Crippen LogP contribution in [0.5, 0.6) is 0 Å². The third kappa shape index (κ3) is 3.08. The van der Waals surface area contributed by atoms with Gasteiger partial charge in [0.15, 0.2) is 0 Å². The molecule has 2 atom stereocenters.